The average molecular weight is 273 g/mol. The second-order valence-corrected chi connectivity index (χ2v) is 4.03. The zero-order valence-corrected chi connectivity index (χ0v) is 11.7. The maximum atomic E-state index is 11.4. The molecule has 5 heteroatoms. The van der Waals surface area contributed by atoms with E-state index in [-0.39, 0.29) is 24.9 Å². The first-order valence-corrected chi connectivity index (χ1v) is 5.80. The highest BCUT2D eigenvalue weighted by Crippen LogP contribution is 2.16. The molecule has 0 fully saturated rings. The number of benzene rings is 1. The Morgan fingerprint density at radius 1 is 1.33 bits per heavy atom. The standard InChI is InChI=1S/C13H20N2O2.ClH/c1-10-4-5-12(8-11(10)2)17-9-13(16)15-7-3-6-14;/h4-5,8H,3,6-7,9,14H2,1-2H3,(H,15,16);1H. The molecule has 0 aliphatic heterocycles. The van der Waals surface area contributed by atoms with Gasteiger partial charge in [-0.25, -0.2) is 0 Å². The predicted octanol–water partition coefficient (Wildman–Crippen LogP) is 1.57. The highest BCUT2D eigenvalue weighted by atomic mass is 35.5. The minimum Gasteiger partial charge on any atom is -0.484 e. The molecular weight excluding hydrogens is 252 g/mol. The van der Waals surface area contributed by atoms with E-state index in [2.05, 4.69) is 5.32 Å². The Hall–Kier alpha value is -1.26. The molecule has 1 rings (SSSR count). The predicted molar refractivity (Wildman–Crippen MR) is 75.3 cm³/mol. The van der Waals surface area contributed by atoms with Gasteiger partial charge in [-0.2, -0.15) is 0 Å². The Kier molecular flexibility index (Phi) is 8.16. The van der Waals surface area contributed by atoms with Crippen LogP contribution in [0.3, 0.4) is 0 Å². The molecule has 1 aromatic carbocycles. The summed E-state index contributed by atoms with van der Waals surface area (Å²) in [5.41, 5.74) is 7.70. The Balaban J connectivity index is 0.00000289. The van der Waals surface area contributed by atoms with Crippen LogP contribution in [-0.4, -0.2) is 25.6 Å². The molecule has 0 aromatic heterocycles. The molecule has 18 heavy (non-hydrogen) atoms. The third kappa shape index (κ3) is 5.89. The highest BCUT2D eigenvalue weighted by molar-refractivity contribution is 5.85. The van der Waals surface area contributed by atoms with Gasteiger partial charge in [-0.3, -0.25) is 4.79 Å². The van der Waals surface area contributed by atoms with Crippen LogP contribution >= 0.6 is 12.4 Å². The van der Waals surface area contributed by atoms with E-state index in [0.717, 1.165) is 17.7 Å². The molecule has 0 saturated carbocycles. The molecule has 0 radical (unpaired) electrons. The van der Waals surface area contributed by atoms with Crippen molar-refractivity contribution in [2.75, 3.05) is 19.7 Å². The third-order valence-corrected chi connectivity index (χ3v) is 2.55. The number of carbonyl (C=O) groups is 1. The van der Waals surface area contributed by atoms with Gasteiger partial charge in [0, 0.05) is 6.54 Å². The van der Waals surface area contributed by atoms with Crippen LogP contribution in [0.15, 0.2) is 18.2 Å². The fourth-order valence-corrected chi connectivity index (χ4v) is 1.33. The Morgan fingerprint density at radius 3 is 2.67 bits per heavy atom. The van der Waals surface area contributed by atoms with Gasteiger partial charge in [0.05, 0.1) is 0 Å². The summed E-state index contributed by atoms with van der Waals surface area (Å²) in [4.78, 5) is 11.4. The van der Waals surface area contributed by atoms with Gasteiger partial charge in [0.2, 0.25) is 0 Å². The number of ether oxygens (including phenoxy) is 1. The van der Waals surface area contributed by atoms with Gasteiger partial charge in [-0.15, -0.1) is 12.4 Å². The number of carbonyl (C=O) groups excluding carboxylic acids is 1. The van der Waals surface area contributed by atoms with E-state index < -0.39 is 0 Å². The van der Waals surface area contributed by atoms with Gasteiger partial charge >= 0.3 is 0 Å². The number of amides is 1. The molecule has 0 saturated heterocycles. The van der Waals surface area contributed by atoms with Crippen molar-refractivity contribution in [2.24, 2.45) is 5.73 Å². The molecule has 0 bridgehead atoms. The largest absolute Gasteiger partial charge is 0.484 e. The number of aryl methyl sites for hydroxylation is 2. The van der Waals surface area contributed by atoms with Crippen molar-refractivity contribution in [3.05, 3.63) is 29.3 Å². The zero-order chi connectivity index (χ0) is 12.7. The fraction of sp³-hybridized carbons (Fsp3) is 0.462. The fourth-order valence-electron chi connectivity index (χ4n) is 1.33. The lowest BCUT2D eigenvalue weighted by molar-refractivity contribution is -0.123. The molecule has 0 spiro atoms. The van der Waals surface area contributed by atoms with Crippen molar-refractivity contribution in [2.45, 2.75) is 20.3 Å². The number of hydrogen-bond acceptors (Lipinski definition) is 3. The smallest absolute Gasteiger partial charge is 0.257 e. The molecule has 0 aliphatic rings. The van der Waals surface area contributed by atoms with Gasteiger partial charge in [-0.05, 0) is 50.1 Å². The molecular formula is C13H21ClN2O2. The summed E-state index contributed by atoms with van der Waals surface area (Å²) >= 11 is 0. The summed E-state index contributed by atoms with van der Waals surface area (Å²) in [6.45, 7) is 5.29. The summed E-state index contributed by atoms with van der Waals surface area (Å²) in [5, 5.41) is 2.74. The maximum absolute atomic E-state index is 11.4. The number of rotatable bonds is 6. The first kappa shape index (κ1) is 16.7. The Bertz CT molecular complexity index is 383. The number of nitrogens with two attached hydrogens (primary N) is 1. The Labute approximate surface area is 114 Å². The molecule has 4 nitrogen and oxygen atoms in total. The highest BCUT2D eigenvalue weighted by Gasteiger charge is 2.02. The van der Waals surface area contributed by atoms with E-state index in [9.17, 15) is 4.79 Å². The van der Waals surface area contributed by atoms with Crippen molar-refractivity contribution < 1.29 is 9.53 Å². The van der Waals surface area contributed by atoms with E-state index in [1.165, 1.54) is 5.56 Å². The van der Waals surface area contributed by atoms with Gasteiger partial charge in [-0.1, -0.05) is 6.07 Å². The summed E-state index contributed by atoms with van der Waals surface area (Å²) in [6, 6.07) is 5.79. The molecule has 0 heterocycles. The number of hydrogen-bond donors (Lipinski definition) is 2. The van der Waals surface area contributed by atoms with Gasteiger partial charge in [0.25, 0.3) is 5.91 Å². The van der Waals surface area contributed by atoms with Crippen molar-refractivity contribution in [1.82, 2.24) is 5.32 Å². The summed E-state index contributed by atoms with van der Waals surface area (Å²) < 4.78 is 5.39. The quantitative estimate of drug-likeness (QED) is 0.773. The van der Waals surface area contributed by atoms with E-state index in [4.69, 9.17) is 10.5 Å². The molecule has 3 N–H and O–H groups in total. The lowest BCUT2D eigenvalue weighted by atomic mass is 10.1. The minimum absolute atomic E-state index is 0. The second kappa shape index (κ2) is 8.78. The lowest BCUT2D eigenvalue weighted by Crippen LogP contribution is -2.30. The normalized spacial score (nSPS) is 9.50. The van der Waals surface area contributed by atoms with Crippen LogP contribution in [0.1, 0.15) is 17.5 Å². The molecule has 1 aromatic rings. The van der Waals surface area contributed by atoms with Crippen LogP contribution < -0.4 is 15.8 Å². The molecule has 0 aliphatic carbocycles. The lowest BCUT2D eigenvalue weighted by Gasteiger charge is -2.08. The summed E-state index contributed by atoms with van der Waals surface area (Å²) in [5.74, 6) is 0.610. The summed E-state index contributed by atoms with van der Waals surface area (Å²) in [7, 11) is 0. The van der Waals surface area contributed by atoms with E-state index >= 15 is 0 Å². The molecule has 0 unspecified atom stereocenters. The number of nitrogens with one attached hydrogen (secondary N) is 1. The van der Waals surface area contributed by atoms with Crippen LogP contribution in [0.25, 0.3) is 0 Å². The van der Waals surface area contributed by atoms with Gasteiger partial charge < -0.3 is 15.8 Å². The number of halogens is 1. The second-order valence-electron chi connectivity index (χ2n) is 4.03. The van der Waals surface area contributed by atoms with E-state index in [0.29, 0.717) is 13.1 Å². The first-order chi connectivity index (χ1) is 8.13. The van der Waals surface area contributed by atoms with E-state index in [1.807, 2.05) is 32.0 Å². The van der Waals surface area contributed by atoms with Crippen LogP contribution in [0.4, 0.5) is 0 Å². The van der Waals surface area contributed by atoms with Gasteiger partial charge in [0.1, 0.15) is 5.75 Å². The molecule has 1 amide bonds. The average Bonchev–Trinajstić information content (AvgIpc) is 2.31. The van der Waals surface area contributed by atoms with Crippen LogP contribution in [0.2, 0.25) is 0 Å². The van der Waals surface area contributed by atoms with Crippen molar-refractivity contribution >= 4 is 18.3 Å². The zero-order valence-electron chi connectivity index (χ0n) is 10.9. The van der Waals surface area contributed by atoms with Crippen molar-refractivity contribution in [3.63, 3.8) is 0 Å². The van der Waals surface area contributed by atoms with Crippen LogP contribution in [0.5, 0.6) is 5.75 Å². The van der Waals surface area contributed by atoms with Crippen LogP contribution in [0, 0.1) is 13.8 Å². The summed E-state index contributed by atoms with van der Waals surface area (Å²) in [6.07, 6.45) is 0.787. The van der Waals surface area contributed by atoms with Gasteiger partial charge in [0.15, 0.2) is 6.61 Å². The van der Waals surface area contributed by atoms with Crippen LogP contribution in [-0.2, 0) is 4.79 Å². The first-order valence-electron chi connectivity index (χ1n) is 5.80. The third-order valence-electron chi connectivity index (χ3n) is 2.55. The van der Waals surface area contributed by atoms with E-state index in [1.54, 1.807) is 0 Å². The Morgan fingerprint density at radius 2 is 2.06 bits per heavy atom. The maximum Gasteiger partial charge on any atom is 0.257 e. The SMILES string of the molecule is Cc1ccc(OCC(=O)NCCCN)cc1C.Cl. The van der Waals surface area contributed by atoms with Crippen molar-refractivity contribution in [3.8, 4) is 5.75 Å². The topological polar surface area (TPSA) is 64.3 Å². The molecule has 0 atom stereocenters. The monoisotopic (exact) mass is 272 g/mol. The minimum atomic E-state index is -0.114. The van der Waals surface area contributed by atoms with Crippen molar-refractivity contribution in [1.29, 1.82) is 0 Å². The molecule has 102 valence electrons.